The smallest absolute Gasteiger partial charge is 0.170 e. The van der Waals surface area contributed by atoms with Crippen molar-refractivity contribution in [2.45, 2.75) is 25.9 Å². The predicted octanol–water partition coefficient (Wildman–Crippen LogP) is 1.70. The van der Waals surface area contributed by atoms with E-state index in [4.69, 9.17) is 15.7 Å². The number of rotatable bonds is 3. The third kappa shape index (κ3) is 2.98. The second-order valence-corrected chi connectivity index (χ2v) is 4.91. The molecule has 0 aromatic heterocycles. The van der Waals surface area contributed by atoms with Crippen LogP contribution in [0.2, 0.25) is 0 Å². The summed E-state index contributed by atoms with van der Waals surface area (Å²) in [5.74, 6) is 0.155. The molecule has 1 saturated heterocycles. The number of hydrogen-bond acceptors (Lipinski definition) is 4. The van der Waals surface area contributed by atoms with Gasteiger partial charge in [0.25, 0.3) is 0 Å². The highest BCUT2D eigenvalue weighted by Gasteiger charge is 2.19. The van der Waals surface area contributed by atoms with Crippen LogP contribution in [0.3, 0.4) is 0 Å². The Kier molecular flexibility index (Phi) is 4.27. The summed E-state index contributed by atoms with van der Waals surface area (Å²) in [6, 6.07) is 6.01. The highest BCUT2D eigenvalue weighted by atomic mass is 16.5. The molecule has 1 aliphatic rings. The molecule has 0 amide bonds. The minimum Gasteiger partial charge on any atom is -0.409 e. The first-order valence-corrected chi connectivity index (χ1v) is 6.52. The molecule has 1 heterocycles. The zero-order chi connectivity index (χ0) is 13.8. The van der Waals surface area contributed by atoms with Crippen molar-refractivity contribution in [3.05, 3.63) is 29.3 Å². The van der Waals surface area contributed by atoms with E-state index in [-0.39, 0.29) is 5.84 Å². The molecule has 0 bridgehead atoms. The van der Waals surface area contributed by atoms with Gasteiger partial charge in [0.1, 0.15) is 0 Å². The van der Waals surface area contributed by atoms with Crippen LogP contribution in [0.1, 0.15) is 24.0 Å². The van der Waals surface area contributed by atoms with Gasteiger partial charge in [-0.1, -0.05) is 5.16 Å². The third-order valence-corrected chi connectivity index (χ3v) is 3.73. The van der Waals surface area contributed by atoms with Gasteiger partial charge in [-0.25, -0.2) is 0 Å². The Morgan fingerprint density at radius 1 is 1.42 bits per heavy atom. The molecule has 0 unspecified atom stereocenters. The highest BCUT2D eigenvalue weighted by molar-refractivity contribution is 5.98. The Morgan fingerprint density at radius 3 is 2.63 bits per heavy atom. The molecule has 1 aromatic carbocycles. The van der Waals surface area contributed by atoms with Crippen molar-refractivity contribution in [3.63, 3.8) is 0 Å². The average molecular weight is 263 g/mol. The quantitative estimate of drug-likeness (QED) is 0.377. The number of aryl methyl sites for hydroxylation is 1. The van der Waals surface area contributed by atoms with Gasteiger partial charge in [0.2, 0.25) is 0 Å². The van der Waals surface area contributed by atoms with E-state index in [1.807, 2.05) is 19.1 Å². The predicted molar refractivity (Wildman–Crippen MR) is 75.9 cm³/mol. The van der Waals surface area contributed by atoms with E-state index in [9.17, 15) is 0 Å². The molecular weight excluding hydrogens is 242 g/mol. The first kappa shape index (κ1) is 13.7. The van der Waals surface area contributed by atoms with Gasteiger partial charge >= 0.3 is 0 Å². The minimum absolute atomic E-state index is 0.155. The number of ether oxygens (including phenoxy) is 1. The Morgan fingerprint density at radius 2 is 2.11 bits per heavy atom. The van der Waals surface area contributed by atoms with E-state index in [0.29, 0.717) is 6.10 Å². The maximum absolute atomic E-state index is 8.73. The lowest BCUT2D eigenvalue weighted by molar-refractivity contribution is 0.0819. The van der Waals surface area contributed by atoms with E-state index in [0.717, 1.165) is 37.1 Å². The van der Waals surface area contributed by atoms with Gasteiger partial charge in [-0.05, 0) is 43.5 Å². The Bertz CT molecular complexity index is 466. The van der Waals surface area contributed by atoms with Gasteiger partial charge in [-0.15, -0.1) is 0 Å². The third-order valence-electron chi connectivity index (χ3n) is 3.73. The van der Waals surface area contributed by atoms with Gasteiger partial charge in [0.15, 0.2) is 5.84 Å². The second-order valence-electron chi connectivity index (χ2n) is 4.91. The fraction of sp³-hybridized carbons (Fsp3) is 0.500. The fourth-order valence-electron chi connectivity index (χ4n) is 2.54. The highest BCUT2D eigenvalue weighted by Crippen LogP contribution is 2.23. The van der Waals surface area contributed by atoms with Crippen molar-refractivity contribution in [1.82, 2.24) is 0 Å². The number of nitrogens with two attached hydrogens (primary N) is 1. The fourth-order valence-corrected chi connectivity index (χ4v) is 2.54. The molecule has 1 aliphatic heterocycles. The van der Waals surface area contributed by atoms with Crippen LogP contribution >= 0.6 is 0 Å². The lowest BCUT2D eigenvalue weighted by Gasteiger charge is -2.33. The van der Waals surface area contributed by atoms with Crippen LogP contribution in [0.25, 0.3) is 0 Å². The Labute approximate surface area is 113 Å². The molecule has 0 spiro atoms. The zero-order valence-electron chi connectivity index (χ0n) is 11.5. The topological polar surface area (TPSA) is 71.1 Å². The molecule has 5 heteroatoms. The number of oxime groups is 1. The van der Waals surface area contributed by atoms with E-state index in [2.05, 4.69) is 16.1 Å². The second kappa shape index (κ2) is 5.93. The summed E-state index contributed by atoms with van der Waals surface area (Å²) in [5.41, 5.74) is 8.60. The number of hydrogen-bond donors (Lipinski definition) is 2. The normalized spacial score (nSPS) is 17.8. The lowest BCUT2D eigenvalue weighted by Crippen LogP contribution is -2.36. The molecule has 1 aromatic rings. The van der Waals surface area contributed by atoms with E-state index < -0.39 is 0 Å². The van der Waals surface area contributed by atoms with Crippen molar-refractivity contribution < 1.29 is 9.94 Å². The minimum atomic E-state index is 0.155. The van der Waals surface area contributed by atoms with Crippen molar-refractivity contribution in [3.8, 4) is 0 Å². The van der Waals surface area contributed by atoms with Gasteiger partial charge < -0.3 is 20.6 Å². The molecule has 1 fully saturated rings. The van der Waals surface area contributed by atoms with E-state index in [1.165, 1.54) is 5.69 Å². The molecule has 5 nitrogen and oxygen atoms in total. The first-order valence-electron chi connectivity index (χ1n) is 6.52. The van der Waals surface area contributed by atoms with Crippen LogP contribution in [-0.2, 0) is 4.74 Å². The summed E-state index contributed by atoms with van der Waals surface area (Å²) < 4.78 is 5.38. The molecule has 3 N–H and O–H groups in total. The molecule has 19 heavy (non-hydrogen) atoms. The summed E-state index contributed by atoms with van der Waals surface area (Å²) in [6.45, 7) is 3.97. The molecule has 104 valence electrons. The molecule has 0 radical (unpaired) electrons. The Balaban J connectivity index is 2.12. The Hall–Kier alpha value is -1.75. The summed E-state index contributed by atoms with van der Waals surface area (Å²) >= 11 is 0. The lowest BCUT2D eigenvalue weighted by atomic mass is 10.0. The molecule has 0 atom stereocenters. The van der Waals surface area contributed by atoms with Crippen molar-refractivity contribution in [1.29, 1.82) is 0 Å². The van der Waals surface area contributed by atoms with Gasteiger partial charge in [-0.2, -0.15) is 0 Å². The molecule has 0 saturated carbocycles. The van der Waals surface area contributed by atoms with Crippen LogP contribution in [0.4, 0.5) is 5.69 Å². The van der Waals surface area contributed by atoms with Gasteiger partial charge in [0, 0.05) is 31.5 Å². The SMILES string of the molecule is COC1CCN(c2ccc(/C(N)=N/O)c(C)c2)CC1. The van der Waals surface area contributed by atoms with Crippen molar-refractivity contribution in [2.24, 2.45) is 10.9 Å². The number of amidine groups is 1. The van der Waals surface area contributed by atoms with Gasteiger partial charge in [0.05, 0.1) is 6.10 Å². The summed E-state index contributed by atoms with van der Waals surface area (Å²) in [4.78, 5) is 2.35. The largest absolute Gasteiger partial charge is 0.409 e. The molecule has 0 aliphatic carbocycles. The summed E-state index contributed by atoms with van der Waals surface area (Å²) in [6.07, 6.45) is 2.49. The molecular formula is C14H21N3O2. The van der Waals surface area contributed by atoms with Crippen LogP contribution < -0.4 is 10.6 Å². The number of nitrogens with zero attached hydrogens (tertiary/aromatic N) is 2. The zero-order valence-corrected chi connectivity index (χ0v) is 11.5. The number of anilines is 1. The van der Waals surface area contributed by atoms with E-state index in [1.54, 1.807) is 7.11 Å². The first-order chi connectivity index (χ1) is 9.15. The van der Waals surface area contributed by atoms with Crippen LogP contribution in [-0.4, -0.2) is 37.3 Å². The maximum atomic E-state index is 8.73. The average Bonchev–Trinajstić information content (AvgIpc) is 2.46. The van der Waals surface area contributed by atoms with Gasteiger partial charge in [-0.3, -0.25) is 0 Å². The molecule has 2 rings (SSSR count). The van der Waals surface area contributed by atoms with Crippen LogP contribution in [0.5, 0.6) is 0 Å². The van der Waals surface area contributed by atoms with Crippen LogP contribution in [0.15, 0.2) is 23.4 Å². The standard InChI is InChI=1S/C14H21N3O2/c1-10-9-11(3-4-13(10)14(15)16-18)17-7-5-12(19-2)6-8-17/h3-4,9,12,18H,5-8H2,1-2H3,(H2,15,16). The van der Waals surface area contributed by atoms with E-state index >= 15 is 0 Å². The number of benzene rings is 1. The maximum Gasteiger partial charge on any atom is 0.170 e. The number of piperidine rings is 1. The number of methoxy groups -OCH3 is 1. The van der Waals surface area contributed by atoms with Crippen molar-refractivity contribution >= 4 is 11.5 Å². The van der Waals surface area contributed by atoms with Crippen molar-refractivity contribution in [2.75, 3.05) is 25.1 Å². The monoisotopic (exact) mass is 263 g/mol. The summed E-state index contributed by atoms with van der Waals surface area (Å²) in [5, 5.41) is 11.8. The summed E-state index contributed by atoms with van der Waals surface area (Å²) in [7, 11) is 1.77. The van der Waals surface area contributed by atoms with Crippen LogP contribution in [0, 0.1) is 6.92 Å².